The molecular formula is C9H9BrN2S. The summed E-state index contributed by atoms with van der Waals surface area (Å²) in [5, 5.41) is 8.36. The van der Waals surface area contributed by atoms with Crippen LogP contribution in [0, 0.1) is 11.3 Å². The van der Waals surface area contributed by atoms with Crippen molar-refractivity contribution in [3.8, 4) is 6.07 Å². The van der Waals surface area contributed by atoms with Gasteiger partial charge in [0.15, 0.2) is 0 Å². The van der Waals surface area contributed by atoms with Gasteiger partial charge in [-0.2, -0.15) is 5.26 Å². The third kappa shape index (κ3) is 3.29. The van der Waals surface area contributed by atoms with Crippen LogP contribution in [-0.2, 0) is 0 Å². The normalized spacial score (nSPS) is 9.54. The summed E-state index contributed by atoms with van der Waals surface area (Å²) < 4.78 is 0.981. The number of nitrogen functional groups attached to an aromatic ring is 1. The first-order valence-corrected chi connectivity index (χ1v) is 5.56. The topological polar surface area (TPSA) is 49.8 Å². The Bertz CT molecular complexity index is 333. The van der Waals surface area contributed by atoms with Crippen molar-refractivity contribution in [3.63, 3.8) is 0 Å². The van der Waals surface area contributed by atoms with Crippen LogP contribution in [0.3, 0.4) is 0 Å². The zero-order valence-corrected chi connectivity index (χ0v) is 9.36. The van der Waals surface area contributed by atoms with Gasteiger partial charge in [0.25, 0.3) is 0 Å². The monoisotopic (exact) mass is 256 g/mol. The van der Waals surface area contributed by atoms with Gasteiger partial charge >= 0.3 is 0 Å². The fourth-order valence-corrected chi connectivity index (χ4v) is 2.04. The molecule has 0 amide bonds. The van der Waals surface area contributed by atoms with E-state index in [1.54, 1.807) is 11.8 Å². The Kier molecular flexibility index (Phi) is 4.13. The van der Waals surface area contributed by atoms with Gasteiger partial charge in [0.05, 0.1) is 6.07 Å². The van der Waals surface area contributed by atoms with Gasteiger partial charge in [0.2, 0.25) is 0 Å². The minimum Gasteiger partial charge on any atom is -0.398 e. The zero-order chi connectivity index (χ0) is 9.68. The lowest BCUT2D eigenvalue weighted by molar-refractivity contribution is 1.23. The molecule has 0 aromatic heterocycles. The molecule has 0 aliphatic carbocycles. The van der Waals surface area contributed by atoms with Crippen molar-refractivity contribution >= 4 is 33.4 Å². The highest BCUT2D eigenvalue weighted by molar-refractivity contribution is 9.10. The summed E-state index contributed by atoms with van der Waals surface area (Å²) in [6.07, 6.45) is 0.556. The van der Waals surface area contributed by atoms with Crippen LogP contribution < -0.4 is 5.73 Å². The first kappa shape index (κ1) is 10.4. The Morgan fingerprint density at radius 2 is 2.31 bits per heavy atom. The van der Waals surface area contributed by atoms with Crippen molar-refractivity contribution in [2.75, 3.05) is 11.5 Å². The van der Waals surface area contributed by atoms with Crippen LogP contribution >= 0.6 is 27.7 Å². The van der Waals surface area contributed by atoms with Gasteiger partial charge in [-0.1, -0.05) is 15.9 Å². The molecule has 1 aromatic rings. The molecule has 0 saturated carbocycles. The van der Waals surface area contributed by atoms with E-state index in [2.05, 4.69) is 22.0 Å². The molecule has 0 saturated heterocycles. The highest BCUT2D eigenvalue weighted by Crippen LogP contribution is 2.27. The van der Waals surface area contributed by atoms with Gasteiger partial charge in [-0.15, -0.1) is 11.8 Å². The van der Waals surface area contributed by atoms with Gasteiger partial charge in [-0.3, -0.25) is 0 Å². The van der Waals surface area contributed by atoms with Crippen molar-refractivity contribution in [2.45, 2.75) is 11.3 Å². The lowest BCUT2D eigenvalue weighted by Gasteiger charge is -2.03. The fraction of sp³-hybridized carbons (Fsp3) is 0.222. The second-order valence-corrected chi connectivity index (χ2v) is 4.49. The van der Waals surface area contributed by atoms with Crippen LogP contribution in [-0.4, -0.2) is 5.75 Å². The van der Waals surface area contributed by atoms with Gasteiger partial charge in [-0.05, 0) is 18.2 Å². The number of nitrogens with two attached hydrogens (primary N) is 1. The van der Waals surface area contributed by atoms with Crippen molar-refractivity contribution in [1.82, 2.24) is 0 Å². The molecule has 2 nitrogen and oxygen atoms in total. The SMILES string of the molecule is N#CCCSc1ccc(Br)cc1N. The number of anilines is 1. The maximum absolute atomic E-state index is 8.36. The van der Waals surface area contributed by atoms with E-state index < -0.39 is 0 Å². The molecular weight excluding hydrogens is 248 g/mol. The Morgan fingerprint density at radius 3 is 2.92 bits per heavy atom. The largest absolute Gasteiger partial charge is 0.398 e. The minimum atomic E-state index is 0.556. The third-order valence-corrected chi connectivity index (χ3v) is 3.03. The summed E-state index contributed by atoms with van der Waals surface area (Å²) in [7, 11) is 0. The zero-order valence-electron chi connectivity index (χ0n) is 6.96. The molecule has 68 valence electrons. The summed E-state index contributed by atoms with van der Waals surface area (Å²) in [5.41, 5.74) is 6.53. The van der Waals surface area contributed by atoms with Gasteiger partial charge in [0, 0.05) is 27.2 Å². The highest BCUT2D eigenvalue weighted by atomic mass is 79.9. The molecule has 0 radical (unpaired) electrons. The van der Waals surface area contributed by atoms with E-state index in [4.69, 9.17) is 11.0 Å². The first-order chi connectivity index (χ1) is 6.24. The molecule has 4 heteroatoms. The molecule has 1 aromatic carbocycles. The van der Waals surface area contributed by atoms with Crippen LogP contribution in [0.4, 0.5) is 5.69 Å². The predicted molar refractivity (Wildman–Crippen MR) is 59.5 cm³/mol. The molecule has 13 heavy (non-hydrogen) atoms. The molecule has 0 fully saturated rings. The number of rotatable bonds is 3. The molecule has 0 bridgehead atoms. The Morgan fingerprint density at radius 1 is 1.54 bits per heavy atom. The average Bonchev–Trinajstić information content (AvgIpc) is 2.09. The third-order valence-electron chi connectivity index (χ3n) is 1.44. The molecule has 0 heterocycles. The first-order valence-electron chi connectivity index (χ1n) is 3.79. The summed E-state index contributed by atoms with van der Waals surface area (Å²) in [5.74, 6) is 0.794. The van der Waals surface area contributed by atoms with Crippen LogP contribution in [0.2, 0.25) is 0 Å². The summed E-state index contributed by atoms with van der Waals surface area (Å²) in [6.45, 7) is 0. The lowest BCUT2D eigenvalue weighted by atomic mass is 10.3. The smallest absolute Gasteiger partial charge is 0.0630 e. The van der Waals surface area contributed by atoms with Crippen molar-refractivity contribution in [1.29, 1.82) is 5.26 Å². The summed E-state index contributed by atoms with van der Waals surface area (Å²) >= 11 is 4.95. The van der Waals surface area contributed by atoms with E-state index >= 15 is 0 Å². The standard InChI is InChI=1S/C9H9BrN2S/c10-7-2-3-9(8(12)6-7)13-5-1-4-11/h2-3,6H,1,5,12H2. The van der Waals surface area contributed by atoms with Crippen LogP contribution in [0.5, 0.6) is 0 Å². The molecule has 1 rings (SSSR count). The van der Waals surface area contributed by atoms with Crippen LogP contribution in [0.25, 0.3) is 0 Å². The van der Waals surface area contributed by atoms with Crippen LogP contribution in [0.1, 0.15) is 6.42 Å². The van der Waals surface area contributed by atoms with E-state index in [-0.39, 0.29) is 0 Å². The second kappa shape index (κ2) is 5.15. The summed E-state index contributed by atoms with van der Waals surface area (Å²) in [4.78, 5) is 1.04. The summed E-state index contributed by atoms with van der Waals surface area (Å²) in [6, 6.07) is 7.88. The van der Waals surface area contributed by atoms with Crippen molar-refractivity contribution in [3.05, 3.63) is 22.7 Å². The number of benzene rings is 1. The maximum Gasteiger partial charge on any atom is 0.0630 e. The number of thioether (sulfide) groups is 1. The number of halogens is 1. The van der Waals surface area contributed by atoms with E-state index in [1.165, 1.54) is 0 Å². The second-order valence-electron chi connectivity index (χ2n) is 2.44. The molecule has 0 spiro atoms. The number of nitrogens with zero attached hydrogens (tertiary/aromatic N) is 1. The molecule has 0 aliphatic rings. The average molecular weight is 257 g/mol. The van der Waals surface area contributed by atoms with Crippen molar-refractivity contribution in [2.24, 2.45) is 0 Å². The van der Waals surface area contributed by atoms with E-state index in [1.807, 2.05) is 18.2 Å². The van der Waals surface area contributed by atoms with Crippen LogP contribution in [0.15, 0.2) is 27.6 Å². The quantitative estimate of drug-likeness (QED) is 0.514. The number of hydrogen-bond acceptors (Lipinski definition) is 3. The fourth-order valence-electron chi connectivity index (χ4n) is 0.857. The van der Waals surface area contributed by atoms with E-state index in [9.17, 15) is 0 Å². The Labute approximate surface area is 90.2 Å². The molecule has 2 N–H and O–H groups in total. The van der Waals surface area contributed by atoms with Gasteiger partial charge in [0.1, 0.15) is 0 Å². The molecule has 0 atom stereocenters. The molecule has 0 unspecified atom stereocenters. The predicted octanol–water partition coefficient (Wildman–Crippen LogP) is 3.04. The maximum atomic E-state index is 8.36. The van der Waals surface area contributed by atoms with E-state index in [0.29, 0.717) is 6.42 Å². The molecule has 0 aliphatic heterocycles. The lowest BCUT2D eigenvalue weighted by Crippen LogP contribution is -1.88. The number of hydrogen-bond donors (Lipinski definition) is 1. The van der Waals surface area contributed by atoms with Gasteiger partial charge < -0.3 is 5.73 Å². The Hall–Kier alpha value is -0.660. The highest BCUT2D eigenvalue weighted by Gasteiger charge is 1.99. The van der Waals surface area contributed by atoms with Crippen molar-refractivity contribution < 1.29 is 0 Å². The van der Waals surface area contributed by atoms with E-state index in [0.717, 1.165) is 20.8 Å². The van der Waals surface area contributed by atoms with Gasteiger partial charge in [-0.25, -0.2) is 0 Å². The Balaban J connectivity index is 2.62. The minimum absolute atomic E-state index is 0.556. The number of nitriles is 1.